The third kappa shape index (κ3) is 3.69. The van der Waals surface area contributed by atoms with E-state index < -0.39 is 0 Å². The van der Waals surface area contributed by atoms with Crippen molar-refractivity contribution in [2.75, 3.05) is 6.54 Å². The smallest absolute Gasteiger partial charge is 0.253 e. The molecule has 1 fully saturated rings. The van der Waals surface area contributed by atoms with E-state index in [-0.39, 0.29) is 17.9 Å². The van der Waals surface area contributed by atoms with Gasteiger partial charge in [-0.25, -0.2) is 0 Å². The van der Waals surface area contributed by atoms with Gasteiger partial charge in [0.05, 0.1) is 0 Å². The number of carbonyl (C=O) groups is 3. The minimum Gasteiger partial charge on any atom is -0.359 e. The van der Waals surface area contributed by atoms with Crippen molar-refractivity contribution in [2.24, 2.45) is 0 Å². The van der Waals surface area contributed by atoms with Crippen LogP contribution in [0.5, 0.6) is 0 Å². The summed E-state index contributed by atoms with van der Waals surface area (Å²) >= 11 is 0. The molecule has 2 aliphatic rings. The molecule has 5 heteroatoms. The van der Waals surface area contributed by atoms with E-state index in [0.29, 0.717) is 6.41 Å². The lowest BCUT2D eigenvalue weighted by molar-refractivity contribution is -0.139. The van der Waals surface area contributed by atoms with Gasteiger partial charge in [-0.2, -0.15) is 0 Å². The third-order valence-electron chi connectivity index (χ3n) is 2.82. The van der Waals surface area contributed by atoms with Crippen molar-refractivity contribution >= 4 is 18.2 Å². The molecule has 1 aliphatic heterocycles. The van der Waals surface area contributed by atoms with Crippen LogP contribution < -0.4 is 5.32 Å². The van der Waals surface area contributed by atoms with Crippen LogP contribution in [0.3, 0.4) is 0 Å². The summed E-state index contributed by atoms with van der Waals surface area (Å²) in [5, 5.41) is 2.43. The number of imide groups is 1. The number of nitrogens with zero attached hydrogens (tertiary/aromatic N) is 1. The van der Waals surface area contributed by atoms with Gasteiger partial charge in [0.15, 0.2) is 0 Å². The summed E-state index contributed by atoms with van der Waals surface area (Å²) < 4.78 is 0. The summed E-state index contributed by atoms with van der Waals surface area (Å²) in [5.41, 5.74) is 0. The summed E-state index contributed by atoms with van der Waals surface area (Å²) in [7, 11) is 0. The predicted octanol–water partition coefficient (Wildman–Crippen LogP) is 0.606. The molecule has 5 nitrogen and oxygen atoms in total. The topological polar surface area (TPSA) is 66.5 Å². The molecule has 0 aromatic heterocycles. The van der Waals surface area contributed by atoms with Crippen LogP contribution in [0.25, 0.3) is 0 Å². The highest BCUT2D eigenvalue weighted by Gasteiger charge is 2.32. The Hall–Kier alpha value is -1.65. The lowest BCUT2D eigenvalue weighted by atomic mass is 10.2. The van der Waals surface area contributed by atoms with Gasteiger partial charge in [0.2, 0.25) is 6.41 Å². The Labute approximate surface area is 101 Å². The number of carbonyl (C=O) groups excluding carboxylic acids is 3. The van der Waals surface area contributed by atoms with Gasteiger partial charge in [0.1, 0.15) is 0 Å². The van der Waals surface area contributed by atoms with Gasteiger partial charge in [-0.15, -0.1) is 0 Å². The maximum absolute atomic E-state index is 11.2. The molecule has 0 saturated heterocycles. The first-order valence-corrected chi connectivity index (χ1v) is 5.93. The Morgan fingerprint density at radius 1 is 1.29 bits per heavy atom. The maximum Gasteiger partial charge on any atom is 0.253 e. The Morgan fingerprint density at radius 3 is 2.18 bits per heavy atom. The number of amides is 3. The summed E-state index contributed by atoms with van der Waals surface area (Å²) in [6, 6.07) is 0.181. The Kier molecular flexibility index (Phi) is 5.39. The van der Waals surface area contributed by atoms with Crippen LogP contribution in [0.1, 0.15) is 32.6 Å². The monoisotopic (exact) mass is 238 g/mol. The first-order valence-electron chi connectivity index (χ1n) is 5.93. The molecule has 2 rings (SSSR count). The largest absolute Gasteiger partial charge is 0.359 e. The zero-order valence-corrected chi connectivity index (χ0v) is 10.0. The van der Waals surface area contributed by atoms with Gasteiger partial charge in [-0.05, 0) is 19.8 Å². The lowest BCUT2D eigenvalue weighted by Gasteiger charge is -2.20. The van der Waals surface area contributed by atoms with Crippen LogP contribution in [0.15, 0.2) is 12.2 Å². The molecule has 0 aromatic carbocycles. The zero-order chi connectivity index (χ0) is 12.7. The highest BCUT2D eigenvalue weighted by atomic mass is 16.2. The van der Waals surface area contributed by atoms with Gasteiger partial charge >= 0.3 is 0 Å². The van der Waals surface area contributed by atoms with E-state index in [2.05, 4.69) is 5.32 Å². The van der Waals surface area contributed by atoms with Crippen LogP contribution in [0, 0.1) is 0 Å². The second-order valence-corrected chi connectivity index (χ2v) is 3.99. The third-order valence-corrected chi connectivity index (χ3v) is 2.82. The van der Waals surface area contributed by atoms with Gasteiger partial charge in [0.25, 0.3) is 11.8 Å². The van der Waals surface area contributed by atoms with E-state index in [1.54, 1.807) is 0 Å². The van der Waals surface area contributed by atoms with Crippen molar-refractivity contribution in [3.8, 4) is 0 Å². The molecule has 0 spiro atoms. The Bertz CT molecular complexity index is 302. The molecule has 17 heavy (non-hydrogen) atoms. The van der Waals surface area contributed by atoms with E-state index in [9.17, 15) is 14.4 Å². The predicted molar refractivity (Wildman–Crippen MR) is 63.0 cm³/mol. The highest BCUT2D eigenvalue weighted by molar-refractivity contribution is 6.13. The maximum atomic E-state index is 11.2. The first-order chi connectivity index (χ1) is 8.20. The zero-order valence-electron chi connectivity index (χ0n) is 10.0. The molecule has 1 N–H and O–H groups in total. The molecular weight excluding hydrogens is 220 g/mol. The fourth-order valence-corrected chi connectivity index (χ4v) is 2.02. The molecule has 0 bridgehead atoms. The van der Waals surface area contributed by atoms with Crippen molar-refractivity contribution in [2.45, 2.75) is 38.6 Å². The van der Waals surface area contributed by atoms with E-state index in [1.807, 2.05) is 6.92 Å². The van der Waals surface area contributed by atoms with Crippen molar-refractivity contribution < 1.29 is 14.4 Å². The van der Waals surface area contributed by atoms with Crippen LogP contribution >= 0.6 is 0 Å². The Balaban J connectivity index is 0.000000249. The number of hydrogen-bond acceptors (Lipinski definition) is 3. The average molecular weight is 238 g/mol. The van der Waals surface area contributed by atoms with E-state index >= 15 is 0 Å². The summed E-state index contributed by atoms with van der Waals surface area (Å²) in [5.74, 6) is -0.265. The normalized spacial score (nSPS) is 19.2. The molecule has 3 amide bonds. The molecule has 0 unspecified atom stereocenters. The molecule has 0 atom stereocenters. The van der Waals surface area contributed by atoms with Gasteiger partial charge < -0.3 is 5.32 Å². The van der Waals surface area contributed by atoms with Crippen molar-refractivity contribution in [1.29, 1.82) is 0 Å². The van der Waals surface area contributed by atoms with Gasteiger partial charge in [-0.3, -0.25) is 19.3 Å². The first kappa shape index (κ1) is 13.4. The quantitative estimate of drug-likeness (QED) is 0.578. The van der Waals surface area contributed by atoms with Crippen LogP contribution in [0.2, 0.25) is 0 Å². The molecule has 0 aromatic rings. The van der Waals surface area contributed by atoms with Crippen LogP contribution in [-0.4, -0.2) is 35.7 Å². The highest BCUT2D eigenvalue weighted by Crippen LogP contribution is 2.25. The lowest BCUT2D eigenvalue weighted by Crippen LogP contribution is -2.38. The van der Waals surface area contributed by atoms with Crippen molar-refractivity contribution in [1.82, 2.24) is 10.2 Å². The second kappa shape index (κ2) is 6.83. The number of nitrogens with one attached hydrogen (secondary N) is 1. The Morgan fingerprint density at radius 2 is 1.82 bits per heavy atom. The molecular formula is C12H18N2O3. The molecule has 1 aliphatic carbocycles. The number of rotatable bonds is 3. The van der Waals surface area contributed by atoms with Crippen LogP contribution in [-0.2, 0) is 14.4 Å². The molecule has 94 valence electrons. The van der Waals surface area contributed by atoms with E-state index in [1.165, 1.54) is 17.1 Å². The van der Waals surface area contributed by atoms with Gasteiger partial charge in [0, 0.05) is 24.7 Å². The molecule has 1 heterocycles. The van der Waals surface area contributed by atoms with Crippen molar-refractivity contribution in [3.63, 3.8) is 0 Å². The van der Waals surface area contributed by atoms with Crippen LogP contribution in [0.4, 0.5) is 0 Å². The fourth-order valence-electron chi connectivity index (χ4n) is 2.02. The summed E-state index contributed by atoms with van der Waals surface area (Å²) in [6.07, 6.45) is 7.66. The number of hydrogen-bond donors (Lipinski definition) is 1. The SMILES string of the molecule is CCNC=O.O=C1C=CC(=O)N1C1CCCC1. The summed E-state index contributed by atoms with van der Waals surface area (Å²) in [4.78, 5) is 33.1. The van der Waals surface area contributed by atoms with Crippen molar-refractivity contribution in [3.05, 3.63) is 12.2 Å². The second-order valence-electron chi connectivity index (χ2n) is 3.99. The minimum atomic E-state index is -0.132. The molecule has 0 radical (unpaired) electrons. The standard InChI is InChI=1S/C9H11NO2.C3H7NO/c11-8-5-6-9(12)10(8)7-3-1-2-4-7;1-2-4-3-5/h5-7H,1-4H2;3H,2H2,1H3,(H,4,5). The summed E-state index contributed by atoms with van der Waals surface area (Å²) in [6.45, 7) is 2.60. The van der Waals surface area contributed by atoms with E-state index in [0.717, 1.165) is 32.2 Å². The minimum absolute atomic E-state index is 0.132. The van der Waals surface area contributed by atoms with Gasteiger partial charge in [-0.1, -0.05) is 12.8 Å². The van der Waals surface area contributed by atoms with E-state index in [4.69, 9.17) is 0 Å². The molecule has 1 saturated carbocycles. The fraction of sp³-hybridized carbons (Fsp3) is 0.583. The average Bonchev–Trinajstić information content (AvgIpc) is 2.91.